The lowest BCUT2D eigenvalue weighted by molar-refractivity contribution is 0.297. The third-order valence-electron chi connectivity index (χ3n) is 4.01. The molecule has 2 nitrogen and oxygen atoms in total. The van der Waals surface area contributed by atoms with Crippen LogP contribution < -0.4 is 5.73 Å². The van der Waals surface area contributed by atoms with E-state index in [-0.39, 0.29) is 0 Å². The molecule has 80 valence electrons. The van der Waals surface area contributed by atoms with Gasteiger partial charge in [-0.25, -0.2) is 0 Å². The van der Waals surface area contributed by atoms with Crippen LogP contribution in [-0.2, 0) is 0 Å². The van der Waals surface area contributed by atoms with Crippen molar-refractivity contribution in [2.45, 2.75) is 51.9 Å². The fourth-order valence-corrected chi connectivity index (χ4v) is 2.52. The molecule has 0 aromatic rings. The predicted octanol–water partition coefficient (Wildman–Crippen LogP) is 2.72. The minimum atomic E-state index is 0.513. The number of hydrogen-bond acceptors (Lipinski definition) is 1. The van der Waals surface area contributed by atoms with Crippen LogP contribution in [0.1, 0.15) is 51.9 Å². The summed E-state index contributed by atoms with van der Waals surface area (Å²) in [5.41, 5.74) is 6.43. The summed E-state index contributed by atoms with van der Waals surface area (Å²) >= 11 is 0. The van der Waals surface area contributed by atoms with Crippen molar-refractivity contribution in [3.8, 4) is 0 Å². The van der Waals surface area contributed by atoms with E-state index in [0.29, 0.717) is 11.3 Å². The van der Waals surface area contributed by atoms with E-state index in [0.717, 1.165) is 12.4 Å². The number of rotatable bonds is 4. The lowest BCUT2D eigenvalue weighted by Crippen LogP contribution is -2.23. The number of nitrogens with zero attached hydrogens (tertiary/aromatic N) is 1. The van der Waals surface area contributed by atoms with Crippen LogP contribution in [0.5, 0.6) is 0 Å². The largest absolute Gasteiger partial charge is 0.387 e. The minimum Gasteiger partial charge on any atom is -0.387 e. The van der Waals surface area contributed by atoms with E-state index in [1.807, 2.05) is 0 Å². The molecule has 0 unspecified atom stereocenters. The van der Waals surface area contributed by atoms with Gasteiger partial charge in [0.05, 0.1) is 5.84 Å². The molecule has 0 heterocycles. The summed E-state index contributed by atoms with van der Waals surface area (Å²) < 4.78 is 0. The summed E-state index contributed by atoms with van der Waals surface area (Å²) in [6.45, 7) is 3.29. The molecule has 2 aliphatic rings. The zero-order valence-electron chi connectivity index (χ0n) is 9.26. The number of nitrogens with two attached hydrogens (primary N) is 1. The molecule has 0 atom stereocenters. The normalized spacial score (nSPS) is 26.8. The standard InChI is InChI=1S/C12H22N2/c1-2-12(7-3-4-8-12)9-14-11(13)10-5-6-10/h10H,2-9H2,1H3,(H2,13,14). The monoisotopic (exact) mass is 194 g/mol. The van der Waals surface area contributed by atoms with Crippen molar-refractivity contribution < 1.29 is 0 Å². The van der Waals surface area contributed by atoms with E-state index >= 15 is 0 Å². The summed E-state index contributed by atoms with van der Waals surface area (Å²) in [5.74, 6) is 1.58. The highest BCUT2D eigenvalue weighted by Crippen LogP contribution is 2.41. The highest BCUT2D eigenvalue weighted by Gasteiger charge is 2.32. The molecular formula is C12H22N2. The molecule has 14 heavy (non-hydrogen) atoms. The van der Waals surface area contributed by atoms with E-state index in [9.17, 15) is 0 Å². The molecule has 0 aliphatic heterocycles. The van der Waals surface area contributed by atoms with Crippen LogP contribution in [0.15, 0.2) is 4.99 Å². The maximum atomic E-state index is 5.92. The number of aliphatic imine (C=N–C) groups is 1. The Hall–Kier alpha value is -0.530. The van der Waals surface area contributed by atoms with Crippen LogP contribution in [0.3, 0.4) is 0 Å². The van der Waals surface area contributed by atoms with Gasteiger partial charge in [0.25, 0.3) is 0 Å². The number of hydrogen-bond donors (Lipinski definition) is 1. The van der Waals surface area contributed by atoms with Gasteiger partial charge in [-0.1, -0.05) is 19.8 Å². The topological polar surface area (TPSA) is 38.4 Å². The van der Waals surface area contributed by atoms with Crippen LogP contribution in [0.25, 0.3) is 0 Å². The van der Waals surface area contributed by atoms with Gasteiger partial charge >= 0.3 is 0 Å². The first-order chi connectivity index (χ1) is 6.76. The molecule has 0 aromatic heterocycles. The number of amidine groups is 1. The molecule has 2 rings (SSSR count). The van der Waals surface area contributed by atoms with E-state index in [4.69, 9.17) is 5.73 Å². The quantitative estimate of drug-likeness (QED) is 0.542. The second kappa shape index (κ2) is 3.92. The van der Waals surface area contributed by atoms with Gasteiger partial charge in [0.2, 0.25) is 0 Å². The van der Waals surface area contributed by atoms with Crippen molar-refractivity contribution in [1.82, 2.24) is 0 Å². The molecule has 2 saturated carbocycles. The zero-order valence-corrected chi connectivity index (χ0v) is 9.26. The Bertz CT molecular complexity index is 222. The smallest absolute Gasteiger partial charge is 0.0968 e. The summed E-state index contributed by atoms with van der Waals surface area (Å²) in [5, 5.41) is 0. The molecule has 0 aromatic carbocycles. The second-order valence-corrected chi connectivity index (χ2v) is 5.08. The van der Waals surface area contributed by atoms with Crippen molar-refractivity contribution in [3.63, 3.8) is 0 Å². The Morgan fingerprint density at radius 1 is 1.36 bits per heavy atom. The Balaban J connectivity index is 1.90. The van der Waals surface area contributed by atoms with E-state index in [2.05, 4.69) is 11.9 Å². The highest BCUT2D eigenvalue weighted by atomic mass is 14.9. The van der Waals surface area contributed by atoms with Crippen LogP contribution in [0.4, 0.5) is 0 Å². The fraction of sp³-hybridized carbons (Fsp3) is 0.917. The molecular weight excluding hydrogens is 172 g/mol. The van der Waals surface area contributed by atoms with Gasteiger partial charge in [-0.2, -0.15) is 0 Å². The van der Waals surface area contributed by atoms with Gasteiger partial charge in [-0.15, -0.1) is 0 Å². The molecule has 0 radical (unpaired) electrons. The molecule has 0 amide bonds. The van der Waals surface area contributed by atoms with E-state index in [1.165, 1.54) is 44.9 Å². The van der Waals surface area contributed by atoms with Crippen molar-refractivity contribution in [2.24, 2.45) is 22.1 Å². The third-order valence-corrected chi connectivity index (χ3v) is 4.01. The summed E-state index contributed by atoms with van der Waals surface area (Å²) in [6.07, 6.45) is 9.34. The van der Waals surface area contributed by atoms with Crippen LogP contribution >= 0.6 is 0 Å². The summed E-state index contributed by atoms with van der Waals surface area (Å²) in [7, 11) is 0. The Labute approximate surface area is 87.0 Å². The molecule has 2 heteroatoms. The molecule has 2 fully saturated rings. The minimum absolute atomic E-state index is 0.513. The maximum absolute atomic E-state index is 5.92. The highest BCUT2D eigenvalue weighted by molar-refractivity contribution is 5.84. The van der Waals surface area contributed by atoms with Gasteiger partial charge < -0.3 is 5.73 Å². The zero-order chi connectivity index (χ0) is 10.0. The second-order valence-electron chi connectivity index (χ2n) is 5.08. The predicted molar refractivity (Wildman–Crippen MR) is 60.4 cm³/mol. The lowest BCUT2D eigenvalue weighted by atomic mass is 9.83. The van der Waals surface area contributed by atoms with Crippen LogP contribution in [0.2, 0.25) is 0 Å². The first-order valence-corrected chi connectivity index (χ1v) is 6.06. The Kier molecular flexibility index (Phi) is 2.80. The summed E-state index contributed by atoms with van der Waals surface area (Å²) in [4.78, 5) is 4.61. The molecule has 2 N–H and O–H groups in total. The van der Waals surface area contributed by atoms with Gasteiger partial charge in [0.15, 0.2) is 0 Å². The Morgan fingerprint density at radius 3 is 2.50 bits per heavy atom. The summed E-state index contributed by atoms with van der Waals surface area (Å²) in [6, 6.07) is 0. The Morgan fingerprint density at radius 2 is 2.00 bits per heavy atom. The van der Waals surface area contributed by atoms with Crippen molar-refractivity contribution in [2.75, 3.05) is 6.54 Å². The van der Waals surface area contributed by atoms with Crippen molar-refractivity contribution >= 4 is 5.84 Å². The molecule has 0 saturated heterocycles. The van der Waals surface area contributed by atoms with E-state index < -0.39 is 0 Å². The molecule has 0 spiro atoms. The first-order valence-electron chi connectivity index (χ1n) is 6.06. The lowest BCUT2D eigenvalue weighted by Gasteiger charge is -2.25. The van der Waals surface area contributed by atoms with E-state index in [1.54, 1.807) is 0 Å². The van der Waals surface area contributed by atoms with Gasteiger partial charge in [-0.3, -0.25) is 4.99 Å². The van der Waals surface area contributed by atoms with Crippen LogP contribution in [-0.4, -0.2) is 12.4 Å². The first kappa shape index (κ1) is 10.0. The van der Waals surface area contributed by atoms with Gasteiger partial charge in [0, 0.05) is 12.5 Å². The SMILES string of the molecule is CCC1(CN=C(N)C2CC2)CCCC1. The fourth-order valence-electron chi connectivity index (χ4n) is 2.52. The van der Waals surface area contributed by atoms with Gasteiger partial charge in [0.1, 0.15) is 0 Å². The molecule has 2 aliphatic carbocycles. The average Bonchev–Trinajstić information content (AvgIpc) is 2.95. The average molecular weight is 194 g/mol. The van der Waals surface area contributed by atoms with Crippen molar-refractivity contribution in [3.05, 3.63) is 0 Å². The molecule has 0 bridgehead atoms. The third kappa shape index (κ3) is 2.10. The van der Waals surface area contributed by atoms with Crippen LogP contribution in [0, 0.1) is 11.3 Å². The van der Waals surface area contributed by atoms with Gasteiger partial charge in [-0.05, 0) is 37.5 Å². The maximum Gasteiger partial charge on any atom is 0.0968 e. The van der Waals surface area contributed by atoms with Crippen molar-refractivity contribution in [1.29, 1.82) is 0 Å².